The van der Waals surface area contributed by atoms with Crippen molar-refractivity contribution >= 4 is 5.97 Å². The van der Waals surface area contributed by atoms with Gasteiger partial charge >= 0.3 is 5.97 Å². The number of hydrogen-bond donors (Lipinski definition) is 0. The summed E-state index contributed by atoms with van der Waals surface area (Å²) >= 11 is 0. The van der Waals surface area contributed by atoms with Gasteiger partial charge in [-0.1, -0.05) is 0 Å². The smallest absolute Gasteiger partial charge is 0.331 e. The molecule has 14 heavy (non-hydrogen) atoms. The molecule has 0 aromatic heterocycles. The molecular formula is C9H16O5. The molecule has 82 valence electrons. The molecular weight excluding hydrogens is 188 g/mol. The van der Waals surface area contributed by atoms with Crippen molar-refractivity contribution in [3.05, 3.63) is 0 Å². The first-order chi connectivity index (χ1) is 6.66. The summed E-state index contributed by atoms with van der Waals surface area (Å²) in [5.41, 5.74) is 0. The number of ether oxygens (including phenoxy) is 4. The summed E-state index contributed by atoms with van der Waals surface area (Å²) in [5.74, 6) is -0.917. The van der Waals surface area contributed by atoms with E-state index in [1.54, 1.807) is 0 Å². The van der Waals surface area contributed by atoms with Crippen LogP contribution >= 0.6 is 0 Å². The van der Waals surface area contributed by atoms with E-state index in [1.807, 2.05) is 6.92 Å². The molecule has 5 heteroatoms. The molecule has 1 rings (SSSR count). The van der Waals surface area contributed by atoms with Gasteiger partial charge in [0.2, 0.25) is 0 Å². The van der Waals surface area contributed by atoms with E-state index < -0.39 is 5.79 Å². The second-order valence-electron chi connectivity index (χ2n) is 3.21. The highest BCUT2D eigenvalue weighted by atomic mass is 16.7. The third-order valence-electron chi connectivity index (χ3n) is 2.05. The topological polar surface area (TPSA) is 54.0 Å². The fraction of sp³-hybridized carbons (Fsp3) is 0.889. The molecule has 1 aliphatic rings. The lowest BCUT2D eigenvalue weighted by Gasteiger charge is -2.21. The van der Waals surface area contributed by atoms with Crippen molar-refractivity contribution in [2.45, 2.75) is 19.1 Å². The van der Waals surface area contributed by atoms with Crippen molar-refractivity contribution < 1.29 is 23.7 Å². The predicted molar refractivity (Wildman–Crippen MR) is 47.8 cm³/mol. The van der Waals surface area contributed by atoms with Gasteiger partial charge in [0.05, 0.1) is 26.9 Å². The number of esters is 1. The van der Waals surface area contributed by atoms with Gasteiger partial charge in [-0.05, 0) is 6.92 Å². The molecule has 0 aromatic carbocycles. The second-order valence-corrected chi connectivity index (χ2v) is 3.21. The summed E-state index contributed by atoms with van der Waals surface area (Å²) < 4.78 is 20.2. The maximum Gasteiger partial charge on any atom is 0.331 e. The van der Waals surface area contributed by atoms with E-state index in [0.29, 0.717) is 26.2 Å². The Kier molecular flexibility index (Phi) is 4.31. The van der Waals surface area contributed by atoms with E-state index in [2.05, 4.69) is 4.74 Å². The van der Waals surface area contributed by atoms with Crippen LogP contribution in [0, 0.1) is 0 Å². The van der Waals surface area contributed by atoms with E-state index >= 15 is 0 Å². The first-order valence-corrected chi connectivity index (χ1v) is 4.59. The Morgan fingerprint density at radius 1 is 1.43 bits per heavy atom. The fourth-order valence-corrected chi connectivity index (χ4v) is 1.17. The Morgan fingerprint density at radius 2 is 2.07 bits per heavy atom. The van der Waals surface area contributed by atoms with Gasteiger partial charge < -0.3 is 18.9 Å². The van der Waals surface area contributed by atoms with E-state index in [4.69, 9.17) is 14.2 Å². The van der Waals surface area contributed by atoms with Crippen LogP contribution in [0.2, 0.25) is 0 Å². The highest BCUT2D eigenvalue weighted by Gasteiger charge is 2.30. The Morgan fingerprint density at radius 3 is 2.64 bits per heavy atom. The number of carbonyl (C=O) groups excluding carboxylic acids is 1. The third kappa shape index (κ3) is 3.61. The van der Waals surface area contributed by atoms with Gasteiger partial charge in [0.1, 0.15) is 6.61 Å². The number of rotatable bonds is 5. The summed E-state index contributed by atoms with van der Waals surface area (Å²) in [6.07, 6.45) is 0.615. The molecule has 0 bridgehead atoms. The van der Waals surface area contributed by atoms with Crippen molar-refractivity contribution in [3.63, 3.8) is 0 Å². The van der Waals surface area contributed by atoms with Crippen LogP contribution in [0.4, 0.5) is 0 Å². The molecule has 0 aromatic rings. The zero-order chi connectivity index (χ0) is 10.4. The summed E-state index contributed by atoms with van der Waals surface area (Å²) in [6.45, 7) is 3.50. The minimum atomic E-state index is -0.546. The van der Waals surface area contributed by atoms with Gasteiger partial charge in [-0.2, -0.15) is 0 Å². The van der Waals surface area contributed by atoms with Crippen LogP contribution < -0.4 is 0 Å². The monoisotopic (exact) mass is 204 g/mol. The van der Waals surface area contributed by atoms with Gasteiger partial charge in [0.25, 0.3) is 0 Å². The highest BCUT2D eigenvalue weighted by Crippen LogP contribution is 2.22. The average Bonchev–Trinajstić information content (AvgIpc) is 2.60. The third-order valence-corrected chi connectivity index (χ3v) is 2.05. The Hall–Kier alpha value is -0.650. The molecule has 1 heterocycles. The van der Waals surface area contributed by atoms with Gasteiger partial charge in [-0.15, -0.1) is 0 Å². The lowest BCUT2D eigenvalue weighted by Crippen LogP contribution is -2.27. The molecule has 5 nitrogen and oxygen atoms in total. The number of methoxy groups -OCH3 is 1. The van der Waals surface area contributed by atoms with Gasteiger partial charge in [0.15, 0.2) is 5.79 Å². The predicted octanol–water partition coefficient (Wildman–Crippen LogP) is 0.329. The molecule has 0 unspecified atom stereocenters. The normalized spacial score (nSPS) is 19.6. The van der Waals surface area contributed by atoms with Crippen LogP contribution in [0.5, 0.6) is 0 Å². The second kappa shape index (κ2) is 5.29. The van der Waals surface area contributed by atoms with Crippen molar-refractivity contribution in [2.24, 2.45) is 0 Å². The summed E-state index contributed by atoms with van der Waals surface area (Å²) in [5, 5.41) is 0. The van der Waals surface area contributed by atoms with Crippen molar-refractivity contribution in [3.8, 4) is 0 Å². The first-order valence-electron chi connectivity index (χ1n) is 4.59. The lowest BCUT2D eigenvalue weighted by molar-refractivity contribution is -0.161. The van der Waals surface area contributed by atoms with Crippen LogP contribution in [-0.2, 0) is 23.7 Å². The van der Waals surface area contributed by atoms with Crippen LogP contribution in [0.1, 0.15) is 13.3 Å². The van der Waals surface area contributed by atoms with Crippen LogP contribution in [-0.4, -0.2) is 45.3 Å². The number of hydrogen-bond acceptors (Lipinski definition) is 5. The Labute approximate surface area is 83.3 Å². The molecule has 1 saturated heterocycles. The quantitative estimate of drug-likeness (QED) is 0.477. The lowest BCUT2D eigenvalue weighted by atomic mass is 10.2. The molecule has 1 fully saturated rings. The zero-order valence-corrected chi connectivity index (χ0v) is 8.58. The first kappa shape index (κ1) is 11.4. The maximum absolute atomic E-state index is 10.7. The Balaban J connectivity index is 2.06. The standard InChI is InChI=1S/C9H16O5/c1-9(13-5-6-14-9)3-4-12-7-8(10)11-2/h3-7H2,1-2H3. The van der Waals surface area contributed by atoms with Crippen LogP contribution in [0.25, 0.3) is 0 Å². The molecule has 0 spiro atoms. The largest absolute Gasteiger partial charge is 0.467 e. The van der Waals surface area contributed by atoms with Crippen molar-refractivity contribution in [2.75, 3.05) is 33.5 Å². The van der Waals surface area contributed by atoms with Crippen molar-refractivity contribution in [1.82, 2.24) is 0 Å². The van der Waals surface area contributed by atoms with E-state index in [-0.39, 0.29) is 12.6 Å². The van der Waals surface area contributed by atoms with Crippen LogP contribution in [0.3, 0.4) is 0 Å². The fourth-order valence-electron chi connectivity index (χ4n) is 1.17. The van der Waals surface area contributed by atoms with Crippen LogP contribution in [0.15, 0.2) is 0 Å². The van der Waals surface area contributed by atoms with Gasteiger partial charge in [-0.3, -0.25) is 0 Å². The summed E-state index contributed by atoms with van der Waals surface area (Å²) in [7, 11) is 1.33. The Bertz CT molecular complexity index is 186. The van der Waals surface area contributed by atoms with Crippen molar-refractivity contribution in [1.29, 1.82) is 0 Å². The summed E-state index contributed by atoms with van der Waals surface area (Å²) in [6, 6.07) is 0. The van der Waals surface area contributed by atoms with E-state index in [9.17, 15) is 4.79 Å². The molecule has 1 aliphatic heterocycles. The molecule has 0 amide bonds. The minimum Gasteiger partial charge on any atom is -0.467 e. The average molecular weight is 204 g/mol. The maximum atomic E-state index is 10.7. The van der Waals surface area contributed by atoms with Gasteiger partial charge in [0, 0.05) is 6.42 Å². The SMILES string of the molecule is COC(=O)COCCC1(C)OCCO1. The number of carbonyl (C=O) groups is 1. The van der Waals surface area contributed by atoms with E-state index in [0.717, 1.165) is 0 Å². The van der Waals surface area contributed by atoms with Gasteiger partial charge in [-0.25, -0.2) is 4.79 Å². The molecule has 0 saturated carbocycles. The molecule has 0 radical (unpaired) electrons. The molecule has 0 N–H and O–H groups in total. The molecule has 0 aliphatic carbocycles. The highest BCUT2D eigenvalue weighted by molar-refractivity contribution is 5.70. The van der Waals surface area contributed by atoms with E-state index in [1.165, 1.54) is 7.11 Å². The molecule has 0 atom stereocenters. The summed E-state index contributed by atoms with van der Waals surface area (Å²) in [4.78, 5) is 10.7. The zero-order valence-electron chi connectivity index (χ0n) is 8.58. The minimum absolute atomic E-state index is 0.0212.